The van der Waals surface area contributed by atoms with Crippen molar-refractivity contribution in [2.45, 2.75) is 6.54 Å². The quantitative estimate of drug-likeness (QED) is 0.516. The Morgan fingerprint density at radius 2 is 1.55 bits per heavy atom. The van der Waals surface area contributed by atoms with Gasteiger partial charge in [0.25, 0.3) is 0 Å². The monoisotopic (exact) mass is 390 g/mol. The molecule has 4 rings (SSSR count). The van der Waals surface area contributed by atoms with Crippen LogP contribution in [0, 0.1) is 0 Å². The summed E-state index contributed by atoms with van der Waals surface area (Å²) in [6, 6.07) is 15.7. The fourth-order valence-electron chi connectivity index (χ4n) is 3.35. The second-order valence-corrected chi connectivity index (χ2v) is 6.50. The molecule has 148 valence electrons. The van der Waals surface area contributed by atoms with E-state index in [0.29, 0.717) is 29.6 Å². The highest BCUT2D eigenvalue weighted by Crippen LogP contribution is 2.42. The first-order valence-corrected chi connectivity index (χ1v) is 9.16. The minimum absolute atomic E-state index is 0.512. The molecular weight excluding hydrogens is 368 g/mol. The molecule has 0 unspecified atom stereocenters. The summed E-state index contributed by atoms with van der Waals surface area (Å²) in [6.45, 7) is 0.512. The van der Waals surface area contributed by atoms with Crippen molar-refractivity contribution in [1.29, 1.82) is 0 Å². The third-order valence-corrected chi connectivity index (χ3v) is 4.86. The molecular formula is C23H22N2O4. The van der Waals surface area contributed by atoms with Crippen LogP contribution in [0.1, 0.15) is 5.56 Å². The second kappa shape index (κ2) is 7.85. The Balaban J connectivity index is 1.84. The fourth-order valence-corrected chi connectivity index (χ4v) is 3.35. The van der Waals surface area contributed by atoms with Gasteiger partial charge in [0, 0.05) is 29.9 Å². The minimum Gasteiger partial charge on any atom is -0.493 e. The van der Waals surface area contributed by atoms with E-state index in [4.69, 9.17) is 24.4 Å². The SMILES string of the molecule is COc1cc(-c2cc3nccc(-c4ccc(CN)cc4)c3o2)cc(OC)c1OC. The van der Waals surface area contributed by atoms with E-state index in [-0.39, 0.29) is 0 Å². The number of rotatable bonds is 6. The van der Waals surface area contributed by atoms with Crippen molar-refractivity contribution < 1.29 is 18.6 Å². The van der Waals surface area contributed by atoms with E-state index in [9.17, 15) is 0 Å². The first kappa shape index (κ1) is 18.8. The van der Waals surface area contributed by atoms with Gasteiger partial charge in [-0.25, -0.2) is 0 Å². The largest absolute Gasteiger partial charge is 0.493 e. The van der Waals surface area contributed by atoms with Crippen LogP contribution in [0.2, 0.25) is 0 Å². The molecule has 0 aliphatic rings. The van der Waals surface area contributed by atoms with Crippen LogP contribution in [-0.2, 0) is 6.54 Å². The number of furan rings is 1. The van der Waals surface area contributed by atoms with Gasteiger partial charge < -0.3 is 24.4 Å². The molecule has 0 aliphatic heterocycles. The highest BCUT2D eigenvalue weighted by molar-refractivity contribution is 5.92. The lowest BCUT2D eigenvalue weighted by molar-refractivity contribution is 0.324. The van der Waals surface area contributed by atoms with E-state index in [1.54, 1.807) is 27.5 Å². The molecule has 0 bridgehead atoms. The average Bonchev–Trinajstić information content (AvgIpc) is 3.22. The molecule has 0 spiro atoms. The van der Waals surface area contributed by atoms with E-state index in [1.165, 1.54) is 0 Å². The summed E-state index contributed by atoms with van der Waals surface area (Å²) in [4.78, 5) is 4.47. The van der Waals surface area contributed by atoms with Crippen molar-refractivity contribution in [3.05, 3.63) is 60.3 Å². The molecule has 2 N–H and O–H groups in total. The molecule has 0 saturated carbocycles. The highest BCUT2D eigenvalue weighted by atomic mass is 16.5. The van der Waals surface area contributed by atoms with Gasteiger partial charge in [0.1, 0.15) is 11.3 Å². The predicted molar refractivity (Wildman–Crippen MR) is 112 cm³/mol. The fraction of sp³-hybridized carbons (Fsp3) is 0.174. The maximum Gasteiger partial charge on any atom is 0.203 e. The molecule has 0 atom stereocenters. The van der Waals surface area contributed by atoms with E-state index in [1.807, 2.05) is 48.5 Å². The van der Waals surface area contributed by atoms with Crippen LogP contribution >= 0.6 is 0 Å². The highest BCUT2D eigenvalue weighted by Gasteiger charge is 2.18. The number of nitrogens with two attached hydrogens (primary N) is 1. The summed E-state index contributed by atoms with van der Waals surface area (Å²) >= 11 is 0. The van der Waals surface area contributed by atoms with Crippen molar-refractivity contribution in [3.63, 3.8) is 0 Å². The molecule has 2 heterocycles. The lowest BCUT2D eigenvalue weighted by atomic mass is 10.0. The summed E-state index contributed by atoms with van der Waals surface area (Å²) in [5.41, 5.74) is 11.1. The van der Waals surface area contributed by atoms with Gasteiger partial charge in [-0.1, -0.05) is 24.3 Å². The van der Waals surface area contributed by atoms with Crippen LogP contribution in [0.15, 0.2) is 59.1 Å². The van der Waals surface area contributed by atoms with Crippen LogP contribution in [0.4, 0.5) is 0 Å². The van der Waals surface area contributed by atoms with Gasteiger partial charge >= 0.3 is 0 Å². The Hall–Kier alpha value is -3.51. The maximum absolute atomic E-state index is 6.23. The Morgan fingerprint density at radius 3 is 2.14 bits per heavy atom. The van der Waals surface area contributed by atoms with E-state index in [0.717, 1.165) is 33.4 Å². The minimum atomic E-state index is 0.512. The number of ether oxygens (including phenoxy) is 3. The molecule has 0 aliphatic carbocycles. The number of aromatic nitrogens is 1. The maximum atomic E-state index is 6.23. The zero-order chi connectivity index (χ0) is 20.4. The van der Waals surface area contributed by atoms with Gasteiger partial charge in [0.05, 0.1) is 21.3 Å². The van der Waals surface area contributed by atoms with Crippen molar-refractivity contribution in [2.75, 3.05) is 21.3 Å². The average molecular weight is 390 g/mol. The molecule has 6 nitrogen and oxygen atoms in total. The van der Waals surface area contributed by atoms with Crippen LogP contribution < -0.4 is 19.9 Å². The first-order chi connectivity index (χ1) is 14.2. The van der Waals surface area contributed by atoms with E-state index >= 15 is 0 Å². The number of pyridine rings is 1. The zero-order valence-electron chi connectivity index (χ0n) is 16.6. The standard InChI is InChI=1S/C23H22N2O4/c1-26-20-10-16(11-21(27-2)23(20)28-3)19-12-18-22(29-19)17(8-9-25-18)15-6-4-14(13-24)5-7-15/h4-12H,13,24H2,1-3H3. The Labute approximate surface area is 168 Å². The molecule has 2 aromatic carbocycles. The first-order valence-electron chi connectivity index (χ1n) is 9.16. The van der Waals surface area contributed by atoms with Crippen LogP contribution in [0.3, 0.4) is 0 Å². The summed E-state index contributed by atoms with van der Waals surface area (Å²) in [6.07, 6.45) is 1.78. The van der Waals surface area contributed by atoms with Gasteiger partial charge in [-0.15, -0.1) is 0 Å². The van der Waals surface area contributed by atoms with Gasteiger partial charge in [-0.05, 0) is 29.3 Å². The van der Waals surface area contributed by atoms with Gasteiger partial charge in [0.2, 0.25) is 5.75 Å². The van der Waals surface area contributed by atoms with Crippen molar-refractivity contribution in [2.24, 2.45) is 5.73 Å². The number of hydrogen-bond acceptors (Lipinski definition) is 6. The van der Waals surface area contributed by atoms with Gasteiger partial charge in [-0.3, -0.25) is 4.98 Å². The molecule has 29 heavy (non-hydrogen) atoms. The summed E-state index contributed by atoms with van der Waals surface area (Å²) in [5, 5.41) is 0. The van der Waals surface area contributed by atoms with E-state index in [2.05, 4.69) is 4.98 Å². The Bertz CT molecular complexity index is 1120. The number of hydrogen-bond donors (Lipinski definition) is 1. The lowest BCUT2D eigenvalue weighted by Crippen LogP contribution is -1.95. The van der Waals surface area contributed by atoms with Crippen LogP contribution in [-0.4, -0.2) is 26.3 Å². The van der Waals surface area contributed by atoms with Crippen LogP contribution in [0.5, 0.6) is 17.2 Å². The number of nitrogens with zero attached hydrogens (tertiary/aromatic N) is 1. The molecule has 0 fully saturated rings. The molecule has 6 heteroatoms. The van der Waals surface area contributed by atoms with Crippen molar-refractivity contribution in [1.82, 2.24) is 4.98 Å². The summed E-state index contributed by atoms with van der Waals surface area (Å²) in [5.74, 6) is 2.33. The molecule has 0 saturated heterocycles. The van der Waals surface area contributed by atoms with Gasteiger partial charge in [-0.2, -0.15) is 0 Å². The number of benzene rings is 2. The van der Waals surface area contributed by atoms with Crippen molar-refractivity contribution >= 4 is 11.1 Å². The third kappa shape index (κ3) is 3.39. The number of fused-ring (bicyclic) bond motifs is 1. The summed E-state index contributed by atoms with van der Waals surface area (Å²) < 4.78 is 22.5. The topological polar surface area (TPSA) is 79.7 Å². The Morgan fingerprint density at radius 1 is 0.862 bits per heavy atom. The van der Waals surface area contributed by atoms with Crippen molar-refractivity contribution in [3.8, 4) is 39.7 Å². The zero-order valence-corrected chi connectivity index (χ0v) is 16.6. The van der Waals surface area contributed by atoms with Gasteiger partial charge in [0.15, 0.2) is 17.1 Å². The molecule has 0 amide bonds. The Kier molecular flexibility index (Phi) is 5.10. The van der Waals surface area contributed by atoms with Crippen LogP contribution in [0.25, 0.3) is 33.6 Å². The normalized spacial score (nSPS) is 10.9. The van der Waals surface area contributed by atoms with E-state index < -0.39 is 0 Å². The second-order valence-electron chi connectivity index (χ2n) is 6.50. The molecule has 2 aromatic heterocycles. The number of methoxy groups -OCH3 is 3. The molecule has 0 radical (unpaired) electrons. The molecule has 4 aromatic rings. The smallest absolute Gasteiger partial charge is 0.203 e. The lowest BCUT2D eigenvalue weighted by Gasteiger charge is -2.13. The third-order valence-electron chi connectivity index (χ3n) is 4.86. The summed E-state index contributed by atoms with van der Waals surface area (Å²) in [7, 11) is 4.75. The predicted octanol–water partition coefficient (Wildman–Crippen LogP) is 4.65.